The van der Waals surface area contributed by atoms with Crippen LogP contribution in [0.15, 0.2) is 18.3 Å². The summed E-state index contributed by atoms with van der Waals surface area (Å²) < 4.78 is 14.4. The normalized spacial score (nSPS) is 18.0. The monoisotopic (exact) mass is 234 g/mol. The minimum atomic E-state index is -0.306. The van der Waals surface area contributed by atoms with E-state index in [9.17, 15) is 4.39 Å². The molecule has 1 N–H and O–H groups in total. The number of hydrogen-bond acceptors (Lipinski definition) is 3. The number of nitrogens with zero attached hydrogens (tertiary/aromatic N) is 3. The van der Waals surface area contributed by atoms with Gasteiger partial charge in [-0.05, 0) is 30.4 Å². The second-order valence-corrected chi connectivity index (χ2v) is 5.10. The van der Waals surface area contributed by atoms with Crippen LogP contribution in [0.25, 0.3) is 5.65 Å². The predicted molar refractivity (Wildman–Crippen MR) is 63.4 cm³/mol. The molecule has 0 spiro atoms. The molecule has 0 unspecified atom stereocenters. The highest BCUT2D eigenvalue weighted by molar-refractivity contribution is 5.43. The van der Waals surface area contributed by atoms with Crippen LogP contribution < -0.4 is 5.32 Å². The Bertz CT molecular complexity index is 544. The second-order valence-electron chi connectivity index (χ2n) is 5.10. The van der Waals surface area contributed by atoms with Gasteiger partial charge in [-0.2, -0.15) is 4.98 Å². The van der Waals surface area contributed by atoms with Gasteiger partial charge in [-0.1, -0.05) is 13.3 Å². The van der Waals surface area contributed by atoms with E-state index in [0.29, 0.717) is 17.0 Å². The zero-order valence-electron chi connectivity index (χ0n) is 9.78. The zero-order valence-corrected chi connectivity index (χ0v) is 9.78. The molecule has 0 atom stereocenters. The van der Waals surface area contributed by atoms with Crippen molar-refractivity contribution in [1.82, 2.24) is 14.6 Å². The molecule has 2 heterocycles. The van der Waals surface area contributed by atoms with Crippen molar-refractivity contribution < 1.29 is 4.39 Å². The van der Waals surface area contributed by atoms with Crippen molar-refractivity contribution in [3.63, 3.8) is 0 Å². The van der Waals surface area contributed by atoms with E-state index < -0.39 is 0 Å². The van der Waals surface area contributed by atoms with Crippen LogP contribution in [0.3, 0.4) is 0 Å². The Balaban J connectivity index is 1.76. The summed E-state index contributed by atoms with van der Waals surface area (Å²) in [5, 5.41) is 7.42. The van der Waals surface area contributed by atoms with Gasteiger partial charge in [0.2, 0.25) is 5.95 Å². The van der Waals surface area contributed by atoms with E-state index in [1.165, 1.54) is 36.0 Å². The molecule has 0 aromatic carbocycles. The van der Waals surface area contributed by atoms with Crippen molar-refractivity contribution >= 4 is 11.6 Å². The van der Waals surface area contributed by atoms with Crippen LogP contribution in [0.1, 0.15) is 26.2 Å². The molecule has 0 amide bonds. The molecule has 2 aromatic rings. The lowest BCUT2D eigenvalue weighted by atomic mass is 9.70. The maximum atomic E-state index is 13.0. The second kappa shape index (κ2) is 3.68. The summed E-state index contributed by atoms with van der Waals surface area (Å²) in [6.07, 6.45) is 5.14. The Morgan fingerprint density at radius 2 is 2.29 bits per heavy atom. The topological polar surface area (TPSA) is 42.2 Å². The molecule has 1 aliphatic rings. The van der Waals surface area contributed by atoms with Crippen LogP contribution >= 0.6 is 0 Å². The molecule has 90 valence electrons. The van der Waals surface area contributed by atoms with E-state index in [-0.39, 0.29) is 5.82 Å². The first kappa shape index (κ1) is 10.5. The van der Waals surface area contributed by atoms with Gasteiger partial charge in [-0.25, -0.2) is 8.91 Å². The van der Waals surface area contributed by atoms with Crippen molar-refractivity contribution in [3.8, 4) is 0 Å². The first-order valence-electron chi connectivity index (χ1n) is 5.91. The highest BCUT2D eigenvalue weighted by Crippen LogP contribution is 2.39. The van der Waals surface area contributed by atoms with Crippen LogP contribution in [0, 0.1) is 11.2 Å². The van der Waals surface area contributed by atoms with E-state index in [4.69, 9.17) is 0 Å². The molecule has 17 heavy (non-hydrogen) atoms. The molecule has 0 bridgehead atoms. The van der Waals surface area contributed by atoms with Gasteiger partial charge in [0.1, 0.15) is 5.82 Å². The standard InChI is InChI=1S/C12H15FN4/c1-12(5-2-6-12)8-14-11-15-10-4-3-9(13)7-17(10)16-11/h3-4,7H,2,5-6,8H2,1H3,(H,14,16). The number of hydrogen-bond donors (Lipinski definition) is 1. The Morgan fingerprint density at radius 3 is 3.00 bits per heavy atom. The lowest BCUT2D eigenvalue weighted by Gasteiger charge is -2.38. The van der Waals surface area contributed by atoms with Gasteiger partial charge < -0.3 is 5.32 Å². The molecule has 1 aliphatic carbocycles. The molecular formula is C12H15FN4. The maximum Gasteiger partial charge on any atom is 0.243 e. The Labute approximate surface area is 98.9 Å². The number of fused-ring (bicyclic) bond motifs is 1. The average molecular weight is 234 g/mol. The first-order valence-corrected chi connectivity index (χ1v) is 5.91. The van der Waals surface area contributed by atoms with Crippen molar-refractivity contribution in [2.75, 3.05) is 11.9 Å². The van der Waals surface area contributed by atoms with Gasteiger partial charge in [0.15, 0.2) is 5.65 Å². The lowest BCUT2D eigenvalue weighted by Crippen LogP contribution is -2.33. The molecule has 0 radical (unpaired) electrons. The summed E-state index contributed by atoms with van der Waals surface area (Å²) in [5.74, 6) is 0.267. The summed E-state index contributed by atoms with van der Waals surface area (Å²) in [6.45, 7) is 3.14. The molecular weight excluding hydrogens is 219 g/mol. The summed E-state index contributed by atoms with van der Waals surface area (Å²) in [5.41, 5.74) is 1.04. The number of anilines is 1. The quantitative estimate of drug-likeness (QED) is 0.887. The van der Waals surface area contributed by atoms with Gasteiger partial charge in [-0.3, -0.25) is 0 Å². The third-order valence-electron chi connectivity index (χ3n) is 3.53. The van der Waals surface area contributed by atoms with Gasteiger partial charge in [0, 0.05) is 6.54 Å². The SMILES string of the molecule is CC1(CNc2nc3ccc(F)cn3n2)CCC1. The summed E-state index contributed by atoms with van der Waals surface area (Å²) in [7, 11) is 0. The zero-order chi connectivity index (χ0) is 11.9. The molecule has 0 aliphatic heterocycles. The van der Waals surface area contributed by atoms with Crippen molar-refractivity contribution in [1.29, 1.82) is 0 Å². The minimum absolute atomic E-state index is 0.306. The Hall–Kier alpha value is -1.65. The first-order chi connectivity index (χ1) is 8.15. The lowest BCUT2D eigenvalue weighted by molar-refractivity contribution is 0.179. The molecule has 5 heteroatoms. The summed E-state index contributed by atoms with van der Waals surface area (Å²) >= 11 is 0. The fraction of sp³-hybridized carbons (Fsp3) is 0.500. The number of rotatable bonds is 3. The highest BCUT2D eigenvalue weighted by Gasteiger charge is 2.31. The Kier molecular flexibility index (Phi) is 2.28. The molecule has 0 saturated heterocycles. The smallest absolute Gasteiger partial charge is 0.243 e. The van der Waals surface area contributed by atoms with E-state index in [2.05, 4.69) is 22.3 Å². The van der Waals surface area contributed by atoms with Crippen LogP contribution in [0.5, 0.6) is 0 Å². The number of pyridine rings is 1. The van der Waals surface area contributed by atoms with Crippen molar-refractivity contribution in [2.45, 2.75) is 26.2 Å². The molecule has 2 aromatic heterocycles. The summed E-state index contributed by atoms with van der Waals surface area (Å²) in [6, 6.07) is 3.01. The van der Waals surface area contributed by atoms with Crippen molar-refractivity contribution in [3.05, 3.63) is 24.1 Å². The van der Waals surface area contributed by atoms with E-state index in [1.54, 1.807) is 6.07 Å². The van der Waals surface area contributed by atoms with Crippen molar-refractivity contribution in [2.24, 2.45) is 5.41 Å². The van der Waals surface area contributed by atoms with Gasteiger partial charge in [0.05, 0.1) is 6.20 Å². The van der Waals surface area contributed by atoms with E-state index in [1.807, 2.05) is 0 Å². The van der Waals surface area contributed by atoms with Crippen LogP contribution in [-0.4, -0.2) is 21.1 Å². The fourth-order valence-corrected chi connectivity index (χ4v) is 2.18. The largest absolute Gasteiger partial charge is 0.352 e. The van der Waals surface area contributed by atoms with Gasteiger partial charge in [-0.15, -0.1) is 5.10 Å². The summed E-state index contributed by atoms with van der Waals surface area (Å²) in [4.78, 5) is 4.29. The molecule has 1 fully saturated rings. The molecule has 3 rings (SSSR count). The minimum Gasteiger partial charge on any atom is -0.352 e. The molecule has 4 nitrogen and oxygen atoms in total. The maximum absolute atomic E-state index is 13.0. The number of halogens is 1. The third kappa shape index (κ3) is 1.97. The number of nitrogens with one attached hydrogen (secondary N) is 1. The van der Waals surface area contributed by atoms with Crippen LogP contribution in [0.4, 0.5) is 10.3 Å². The van der Waals surface area contributed by atoms with Crippen LogP contribution in [0.2, 0.25) is 0 Å². The van der Waals surface area contributed by atoms with Gasteiger partial charge in [0.25, 0.3) is 0 Å². The molecule has 1 saturated carbocycles. The van der Waals surface area contributed by atoms with E-state index in [0.717, 1.165) is 6.54 Å². The highest BCUT2D eigenvalue weighted by atomic mass is 19.1. The Morgan fingerprint density at radius 1 is 1.47 bits per heavy atom. The third-order valence-corrected chi connectivity index (χ3v) is 3.53. The number of aromatic nitrogens is 3. The van der Waals surface area contributed by atoms with Gasteiger partial charge >= 0.3 is 0 Å². The van der Waals surface area contributed by atoms with E-state index >= 15 is 0 Å². The fourth-order valence-electron chi connectivity index (χ4n) is 2.18. The average Bonchev–Trinajstić information content (AvgIpc) is 2.65. The predicted octanol–water partition coefficient (Wildman–Crippen LogP) is 2.47. The van der Waals surface area contributed by atoms with Crippen LogP contribution in [-0.2, 0) is 0 Å².